The van der Waals surface area contributed by atoms with Gasteiger partial charge in [-0.1, -0.05) is 22.9 Å². The maximum Gasteiger partial charge on any atom is 0.244 e. The molecule has 0 aliphatic heterocycles. The van der Waals surface area contributed by atoms with E-state index in [1.165, 1.54) is 6.07 Å². The van der Waals surface area contributed by atoms with Crippen molar-refractivity contribution < 1.29 is 8.42 Å². The number of sulfonamides is 1. The van der Waals surface area contributed by atoms with Crippen LogP contribution in [0.2, 0.25) is 0 Å². The van der Waals surface area contributed by atoms with Gasteiger partial charge in [0.05, 0.1) is 0 Å². The van der Waals surface area contributed by atoms with E-state index in [1.807, 2.05) is 24.3 Å². The predicted octanol–water partition coefficient (Wildman–Crippen LogP) is 2.89. The molecule has 2 aromatic rings. The lowest BCUT2D eigenvalue weighted by Crippen LogP contribution is -2.24. The number of anilines is 2. The maximum atomic E-state index is 12.1. The van der Waals surface area contributed by atoms with E-state index >= 15 is 0 Å². The third-order valence-electron chi connectivity index (χ3n) is 2.50. The smallest absolute Gasteiger partial charge is 0.244 e. The molecule has 0 bridgehead atoms. The Kier molecular flexibility index (Phi) is 4.74. The van der Waals surface area contributed by atoms with Crippen LogP contribution in [0.1, 0.15) is 6.92 Å². The average Bonchev–Trinajstić information content (AvgIpc) is 2.42. The molecule has 20 heavy (non-hydrogen) atoms. The van der Waals surface area contributed by atoms with Crippen molar-refractivity contribution in [3.05, 3.63) is 47.1 Å². The van der Waals surface area contributed by atoms with E-state index in [1.54, 1.807) is 19.2 Å². The molecule has 1 aromatic carbocycles. The minimum absolute atomic E-state index is 0.129. The van der Waals surface area contributed by atoms with Crippen molar-refractivity contribution in [3.63, 3.8) is 0 Å². The SMILES string of the molecule is CCNS(=O)(=O)c1cccnc1Nc1ccc(Br)cc1. The molecule has 1 aromatic heterocycles. The Hall–Kier alpha value is -1.44. The van der Waals surface area contributed by atoms with Gasteiger partial charge in [0.2, 0.25) is 10.0 Å². The summed E-state index contributed by atoms with van der Waals surface area (Å²) in [7, 11) is -3.55. The summed E-state index contributed by atoms with van der Waals surface area (Å²) >= 11 is 3.35. The molecule has 0 spiro atoms. The molecular formula is C13H14BrN3O2S. The highest BCUT2D eigenvalue weighted by Gasteiger charge is 2.18. The van der Waals surface area contributed by atoms with E-state index < -0.39 is 10.0 Å². The van der Waals surface area contributed by atoms with Crippen LogP contribution in [0.5, 0.6) is 0 Å². The maximum absolute atomic E-state index is 12.1. The second kappa shape index (κ2) is 6.34. The molecule has 0 unspecified atom stereocenters. The van der Waals surface area contributed by atoms with Crippen LogP contribution in [0.15, 0.2) is 52.0 Å². The van der Waals surface area contributed by atoms with E-state index in [-0.39, 0.29) is 4.90 Å². The molecule has 7 heteroatoms. The summed E-state index contributed by atoms with van der Waals surface area (Å²) in [5.41, 5.74) is 0.764. The van der Waals surface area contributed by atoms with Gasteiger partial charge in [0.1, 0.15) is 4.90 Å². The normalized spacial score (nSPS) is 11.3. The van der Waals surface area contributed by atoms with E-state index in [0.29, 0.717) is 12.4 Å². The number of halogens is 1. The van der Waals surface area contributed by atoms with Crippen LogP contribution >= 0.6 is 15.9 Å². The van der Waals surface area contributed by atoms with Crippen molar-refractivity contribution in [2.24, 2.45) is 0 Å². The number of hydrogen-bond donors (Lipinski definition) is 2. The molecule has 5 nitrogen and oxygen atoms in total. The Bertz CT molecular complexity index is 687. The summed E-state index contributed by atoms with van der Waals surface area (Å²) in [6, 6.07) is 10.5. The number of nitrogens with zero attached hydrogens (tertiary/aromatic N) is 1. The Morgan fingerprint density at radius 3 is 2.55 bits per heavy atom. The fourth-order valence-corrected chi connectivity index (χ4v) is 3.05. The summed E-state index contributed by atoms with van der Waals surface area (Å²) in [5.74, 6) is 0.302. The summed E-state index contributed by atoms with van der Waals surface area (Å²) in [5, 5.41) is 3.01. The van der Waals surface area contributed by atoms with Gasteiger partial charge in [0.25, 0.3) is 0 Å². The van der Waals surface area contributed by atoms with Crippen molar-refractivity contribution in [2.45, 2.75) is 11.8 Å². The van der Waals surface area contributed by atoms with Crippen LogP contribution in [0, 0.1) is 0 Å². The van der Waals surface area contributed by atoms with Crippen molar-refractivity contribution in [1.82, 2.24) is 9.71 Å². The molecule has 0 aliphatic carbocycles. The fourth-order valence-electron chi connectivity index (χ4n) is 1.64. The standard InChI is InChI=1S/C13H14BrN3O2S/c1-2-16-20(18,19)12-4-3-9-15-13(12)17-11-7-5-10(14)6-8-11/h3-9,16H,2H2,1H3,(H,15,17). The monoisotopic (exact) mass is 355 g/mol. The quantitative estimate of drug-likeness (QED) is 0.864. The van der Waals surface area contributed by atoms with Crippen LogP contribution in [0.25, 0.3) is 0 Å². The number of nitrogens with one attached hydrogen (secondary N) is 2. The van der Waals surface area contributed by atoms with Crippen LogP contribution in [0.4, 0.5) is 11.5 Å². The third kappa shape index (κ3) is 3.56. The van der Waals surface area contributed by atoms with Crippen LogP contribution in [-0.4, -0.2) is 19.9 Å². The number of hydrogen-bond acceptors (Lipinski definition) is 4. The van der Waals surface area contributed by atoms with Gasteiger partial charge in [-0.15, -0.1) is 0 Å². The topological polar surface area (TPSA) is 71.1 Å². The largest absolute Gasteiger partial charge is 0.339 e. The van der Waals surface area contributed by atoms with Crippen LogP contribution in [0.3, 0.4) is 0 Å². The van der Waals surface area contributed by atoms with E-state index in [0.717, 1.165) is 10.2 Å². The highest BCUT2D eigenvalue weighted by molar-refractivity contribution is 9.10. The summed E-state index contributed by atoms with van der Waals surface area (Å²) in [6.07, 6.45) is 1.55. The van der Waals surface area contributed by atoms with Gasteiger partial charge >= 0.3 is 0 Å². The molecule has 0 atom stereocenters. The van der Waals surface area contributed by atoms with Crippen molar-refractivity contribution >= 4 is 37.5 Å². The zero-order chi connectivity index (χ0) is 14.6. The molecule has 0 amide bonds. The Labute approximate surface area is 126 Å². The number of rotatable bonds is 5. The van der Waals surface area contributed by atoms with Gasteiger partial charge in [-0.2, -0.15) is 0 Å². The summed E-state index contributed by atoms with van der Waals surface area (Å²) in [4.78, 5) is 4.23. The van der Waals surface area contributed by atoms with E-state index in [4.69, 9.17) is 0 Å². The molecule has 0 saturated carbocycles. The Balaban J connectivity index is 2.35. The van der Waals surface area contributed by atoms with Gasteiger partial charge in [-0.3, -0.25) is 0 Å². The van der Waals surface area contributed by atoms with Gasteiger partial charge < -0.3 is 5.32 Å². The highest BCUT2D eigenvalue weighted by Crippen LogP contribution is 2.23. The lowest BCUT2D eigenvalue weighted by molar-refractivity contribution is 0.584. The lowest BCUT2D eigenvalue weighted by atomic mass is 10.3. The second-order valence-electron chi connectivity index (χ2n) is 3.98. The molecule has 0 saturated heterocycles. The molecule has 1 heterocycles. The summed E-state index contributed by atoms with van der Waals surface area (Å²) < 4.78 is 27.6. The summed E-state index contributed by atoms with van der Waals surface area (Å²) in [6.45, 7) is 2.06. The molecule has 0 radical (unpaired) electrons. The number of benzene rings is 1. The average molecular weight is 356 g/mol. The van der Waals surface area contributed by atoms with Crippen molar-refractivity contribution in [2.75, 3.05) is 11.9 Å². The molecular weight excluding hydrogens is 342 g/mol. The van der Waals surface area contributed by atoms with Gasteiger partial charge in [-0.25, -0.2) is 18.1 Å². The number of pyridine rings is 1. The highest BCUT2D eigenvalue weighted by atomic mass is 79.9. The lowest BCUT2D eigenvalue weighted by Gasteiger charge is -2.11. The molecule has 2 rings (SSSR count). The zero-order valence-electron chi connectivity index (χ0n) is 10.8. The Morgan fingerprint density at radius 2 is 1.90 bits per heavy atom. The Morgan fingerprint density at radius 1 is 1.20 bits per heavy atom. The zero-order valence-corrected chi connectivity index (χ0v) is 13.2. The third-order valence-corrected chi connectivity index (χ3v) is 4.61. The fraction of sp³-hybridized carbons (Fsp3) is 0.154. The number of aromatic nitrogens is 1. The van der Waals surface area contributed by atoms with Crippen molar-refractivity contribution in [1.29, 1.82) is 0 Å². The van der Waals surface area contributed by atoms with E-state index in [2.05, 4.69) is 31.0 Å². The van der Waals surface area contributed by atoms with Gasteiger partial charge in [0.15, 0.2) is 5.82 Å². The predicted molar refractivity (Wildman–Crippen MR) is 82.5 cm³/mol. The van der Waals surface area contributed by atoms with Crippen LogP contribution in [-0.2, 0) is 10.0 Å². The second-order valence-corrected chi connectivity index (χ2v) is 6.63. The van der Waals surface area contributed by atoms with Gasteiger partial charge in [0, 0.05) is 22.9 Å². The first-order valence-corrected chi connectivity index (χ1v) is 8.28. The molecule has 106 valence electrons. The van der Waals surface area contributed by atoms with E-state index in [9.17, 15) is 8.42 Å². The first-order valence-electron chi connectivity index (χ1n) is 6.00. The first kappa shape index (κ1) is 15.0. The van der Waals surface area contributed by atoms with Gasteiger partial charge in [-0.05, 0) is 36.4 Å². The first-order chi connectivity index (χ1) is 9.53. The molecule has 0 fully saturated rings. The van der Waals surface area contributed by atoms with Crippen LogP contribution < -0.4 is 10.0 Å². The minimum atomic E-state index is -3.55. The minimum Gasteiger partial charge on any atom is -0.339 e. The molecule has 0 aliphatic rings. The van der Waals surface area contributed by atoms with Crippen molar-refractivity contribution in [3.8, 4) is 0 Å². The molecule has 2 N–H and O–H groups in total.